The van der Waals surface area contributed by atoms with Gasteiger partial charge in [-0.2, -0.15) is 0 Å². The van der Waals surface area contributed by atoms with Crippen LogP contribution in [-0.2, 0) is 0 Å². The predicted molar refractivity (Wildman–Crippen MR) is 57.9 cm³/mol. The molecule has 0 aliphatic rings. The first-order chi connectivity index (χ1) is 7.22. The lowest BCUT2D eigenvalue weighted by atomic mass is 10.1. The number of halogens is 1. The molecule has 0 spiro atoms. The molecule has 0 saturated carbocycles. The number of nitrogens with zero attached hydrogens (tertiary/aromatic N) is 1. The molecule has 1 heterocycles. The topological polar surface area (TPSA) is 61.3 Å². The molecule has 0 bridgehead atoms. The second-order valence-corrected chi connectivity index (χ2v) is 3.37. The van der Waals surface area contributed by atoms with E-state index in [0.717, 1.165) is 5.56 Å². The van der Waals surface area contributed by atoms with Crippen molar-refractivity contribution in [2.24, 2.45) is 0 Å². The minimum atomic E-state index is 0.486. The summed E-state index contributed by atoms with van der Waals surface area (Å²) in [5.41, 5.74) is 6.94. The van der Waals surface area contributed by atoms with Crippen LogP contribution in [0.4, 0.5) is 5.69 Å². The van der Waals surface area contributed by atoms with Gasteiger partial charge in [-0.15, -0.1) is 0 Å². The minimum Gasteiger partial charge on any atom is -0.495 e. The first-order valence-corrected chi connectivity index (χ1v) is 4.64. The highest BCUT2D eigenvalue weighted by Gasteiger charge is 2.10. The molecular formula is C10H9ClN2O2. The second-order valence-electron chi connectivity index (χ2n) is 2.96. The summed E-state index contributed by atoms with van der Waals surface area (Å²) >= 11 is 5.90. The maximum Gasteiger partial charge on any atom is 0.189 e. The van der Waals surface area contributed by atoms with Crippen molar-refractivity contribution in [2.45, 2.75) is 0 Å². The lowest BCUT2D eigenvalue weighted by Gasteiger charge is -2.04. The molecule has 78 valence electrons. The van der Waals surface area contributed by atoms with Crippen LogP contribution in [0.2, 0.25) is 5.02 Å². The Balaban J connectivity index is 2.51. The Labute approximate surface area is 91.6 Å². The summed E-state index contributed by atoms with van der Waals surface area (Å²) in [6, 6.07) is 5.26. The fourth-order valence-corrected chi connectivity index (χ4v) is 1.46. The number of hydrogen-bond donors (Lipinski definition) is 1. The summed E-state index contributed by atoms with van der Waals surface area (Å²) in [5, 5.41) is 4.14. The molecule has 4 nitrogen and oxygen atoms in total. The third-order valence-corrected chi connectivity index (χ3v) is 2.32. The smallest absolute Gasteiger partial charge is 0.189 e. The maximum atomic E-state index is 5.90. The molecule has 0 amide bonds. The number of ether oxygens (including phenoxy) is 1. The van der Waals surface area contributed by atoms with Gasteiger partial charge in [0.05, 0.1) is 18.3 Å². The Morgan fingerprint density at radius 1 is 1.47 bits per heavy atom. The van der Waals surface area contributed by atoms with E-state index >= 15 is 0 Å². The Morgan fingerprint density at radius 2 is 2.27 bits per heavy atom. The average Bonchev–Trinajstić information content (AvgIpc) is 2.65. The van der Waals surface area contributed by atoms with E-state index < -0.39 is 0 Å². The molecule has 0 atom stereocenters. The maximum absolute atomic E-state index is 5.90. The van der Waals surface area contributed by atoms with E-state index in [1.165, 1.54) is 6.20 Å². The summed E-state index contributed by atoms with van der Waals surface area (Å²) in [6.45, 7) is 0. The van der Waals surface area contributed by atoms with E-state index in [9.17, 15) is 0 Å². The number of anilines is 1. The van der Waals surface area contributed by atoms with Gasteiger partial charge in [0.1, 0.15) is 11.4 Å². The number of benzene rings is 1. The number of hydrogen-bond acceptors (Lipinski definition) is 4. The van der Waals surface area contributed by atoms with E-state index in [-0.39, 0.29) is 0 Å². The summed E-state index contributed by atoms with van der Waals surface area (Å²) in [5.74, 6) is 1.09. The van der Waals surface area contributed by atoms with Gasteiger partial charge in [0.15, 0.2) is 5.76 Å². The lowest BCUT2D eigenvalue weighted by Crippen LogP contribution is -1.87. The third-order valence-electron chi connectivity index (χ3n) is 2.01. The van der Waals surface area contributed by atoms with Crippen LogP contribution in [0.15, 0.2) is 28.9 Å². The Bertz CT molecular complexity index is 482. The van der Waals surface area contributed by atoms with Gasteiger partial charge < -0.3 is 15.0 Å². The molecule has 1 aromatic heterocycles. The minimum absolute atomic E-state index is 0.486. The monoisotopic (exact) mass is 224 g/mol. The molecular weight excluding hydrogens is 216 g/mol. The normalized spacial score (nSPS) is 10.3. The van der Waals surface area contributed by atoms with Gasteiger partial charge in [0.2, 0.25) is 0 Å². The number of aromatic nitrogens is 1. The molecule has 0 fully saturated rings. The third kappa shape index (κ3) is 1.76. The van der Waals surface area contributed by atoms with Crippen LogP contribution in [0.25, 0.3) is 11.3 Å². The van der Waals surface area contributed by atoms with Gasteiger partial charge in [-0.25, -0.2) is 0 Å². The van der Waals surface area contributed by atoms with Crippen LogP contribution >= 0.6 is 11.6 Å². The number of nitrogen functional groups attached to an aromatic ring is 1. The Kier molecular flexibility index (Phi) is 2.51. The molecule has 0 unspecified atom stereocenters. The quantitative estimate of drug-likeness (QED) is 0.852. The van der Waals surface area contributed by atoms with E-state index in [4.69, 9.17) is 26.6 Å². The van der Waals surface area contributed by atoms with Crippen molar-refractivity contribution in [1.29, 1.82) is 0 Å². The number of nitrogens with two attached hydrogens (primary N) is 1. The van der Waals surface area contributed by atoms with Crippen molar-refractivity contribution >= 4 is 17.3 Å². The standard InChI is InChI=1S/C10H9ClN2O2/c1-14-9-4-6(2-3-7(9)11)10-8(12)5-13-15-10/h2-5H,12H2,1H3. The first kappa shape index (κ1) is 9.86. The molecule has 5 heteroatoms. The van der Waals surface area contributed by atoms with Crippen molar-refractivity contribution in [1.82, 2.24) is 5.16 Å². The van der Waals surface area contributed by atoms with E-state index in [1.54, 1.807) is 25.3 Å². The zero-order valence-corrected chi connectivity index (χ0v) is 8.78. The van der Waals surface area contributed by atoms with E-state index in [2.05, 4.69) is 5.16 Å². The zero-order chi connectivity index (χ0) is 10.8. The molecule has 15 heavy (non-hydrogen) atoms. The van der Waals surface area contributed by atoms with Gasteiger partial charge in [0, 0.05) is 5.56 Å². The lowest BCUT2D eigenvalue weighted by molar-refractivity contribution is 0.413. The van der Waals surface area contributed by atoms with Crippen LogP contribution in [0.5, 0.6) is 5.75 Å². The van der Waals surface area contributed by atoms with Gasteiger partial charge in [-0.3, -0.25) is 0 Å². The van der Waals surface area contributed by atoms with Crippen LogP contribution in [0.1, 0.15) is 0 Å². The summed E-state index contributed by atoms with van der Waals surface area (Å²) in [4.78, 5) is 0. The molecule has 2 aromatic rings. The van der Waals surface area contributed by atoms with Crippen molar-refractivity contribution in [3.8, 4) is 17.1 Å². The molecule has 2 N–H and O–H groups in total. The molecule has 0 radical (unpaired) electrons. The van der Waals surface area contributed by atoms with Crippen molar-refractivity contribution in [2.75, 3.05) is 12.8 Å². The highest BCUT2D eigenvalue weighted by Crippen LogP contribution is 2.32. The molecule has 0 aliphatic carbocycles. The van der Waals surface area contributed by atoms with E-state index in [0.29, 0.717) is 22.2 Å². The van der Waals surface area contributed by atoms with E-state index in [1.807, 2.05) is 0 Å². The molecule has 0 aliphatic heterocycles. The van der Waals surface area contributed by atoms with Crippen LogP contribution in [-0.4, -0.2) is 12.3 Å². The van der Waals surface area contributed by atoms with Crippen molar-refractivity contribution < 1.29 is 9.26 Å². The largest absolute Gasteiger partial charge is 0.495 e. The second kappa shape index (κ2) is 3.82. The summed E-state index contributed by atoms with van der Waals surface area (Å²) in [7, 11) is 1.55. The Morgan fingerprint density at radius 3 is 2.87 bits per heavy atom. The highest BCUT2D eigenvalue weighted by molar-refractivity contribution is 6.32. The summed E-state index contributed by atoms with van der Waals surface area (Å²) in [6.07, 6.45) is 1.45. The van der Waals surface area contributed by atoms with Gasteiger partial charge in [-0.05, 0) is 18.2 Å². The SMILES string of the molecule is COc1cc(-c2oncc2N)ccc1Cl. The first-order valence-electron chi connectivity index (χ1n) is 4.26. The highest BCUT2D eigenvalue weighted by atomic mass is 35.5. The fraction of sp³-hybridized carbons (Fsp3) is 0.100. The van der Waals surface area contributed by atoms with Crippen LogP contribution in [0.3, 0.4) is 0 Å². The zero-order valence-electron chi connectivity index (χ0n) is 8.03. The fourth-order valence-electron chi connectivity index (χ4n) is 1.27. The van der Waals surface area contributed by atoms with Crippen molar-refractivity contribution in [3.63, 3.8) is 0 Å². The van der Waals surface area contributed by atoms with Crippen LogP contribution < -0.4 is 10.5 Å². The van der Waals surface area contributed by atoms with Gasteiger partial charge in [0.25, 0.3) is 0 Å². The molecule has 2 rings (SSSR count). The molecule has 1 aromatic carbocycles. The number of rotatable bonds is 2. The van der Waals surface area contributed by atoms with Gasteiger partial charge in [-0.1, -0.05) is 16.8 Å². The predicted octanol–water partition coefficient (Wildman–Crippen LogP) is 2.59. The summed E-state index contributed by atoms with van der Waals surface area (Å²) < 4.78 is 10.1. The van der Waals surface area contributed by atoms with Crippen LogP contribution in [0, 0.1) is 0 Å². The average molecular weight is 225 g/mol. The Hall–Kier alpha value is -1.68. The number of methoxy groups -OCH3 is 1. The van der Waals surface area contributed by atoms with Gasteiger partial charge >= 0.3 is 0 Å². The van der Waals surface area contributed by atoms with Crippen molar-refractivity contribution in [3.05, 3.63) is 29.4 Å². The molecule has 0 saturated heterocycles.